The Labute approximate surface area is 209 Å². The zero-order chi connectivity index (χ0) is 26.5. The Kier molecular flexibility index (Phi) is 11.1. The third-order valence-corrected chi connectivity index (χ3v) is 5.16. The molecule has 192 valence electrons. The highest BCUT2D eigenvalue weighted by Gasteiger charge is 2.27. The highest BCUT2D eigenvalue weighted by Crippen LogP contribution is 2.07. The average Bonchev–Trinajstić information content (AvgIpc) is 2.86. The van der Waals surface area contributed by atoms with Gasteiger partial charge < -0.3 is 31.7 Å². The van der Waals surface area contributed by atoms with Gasteiger partial charge in [-0.2, -0.15) is 0 Å². The SMILES string of the molecule is CC(=O)N[C@@H](Cc1ccccc1)C(=O)N(CCNC(=O)CNC(=O)c1ccc(CN)cc1)CC(=O)O. The van der Waals surface area contributed by atoms with E-state index in [4.69, 9.17) is 5.73 Å². The van der Waals surface area contributed by atoms with Crippen LogP contribution in [0, 0.1) is 0 Å². The van der Waals surface area contributed by atoms with Crippen molar-refractivity contribution in [2.75, 3.05) is 26.2 Å². The third kappa shape index (κ3) is 9.55. The number of benzene rings is 2. The van der Waals surface area contributed by atoms with E-state index in [1.165, 1.54) is 6.92 Å². The number of nitrogens with zero attached hydrogens (tertiary/aromatic N) is 1. The second-order valence-corrected chi connectivity index (χ2v) is 8.03. The van der Waals surface area contributed by atoms with Gasteiger partial charge in [-0.25, -0.2) is 0 Å². The Morgan fingerprint density at radius 3 is 2.19 bits per heavy atom. The number of amides is 4. The molecule has 11 heteroatoms. The molecule has 0 fully saturated rings. The quantitative estimate of drug-likeness (QED) is 0.252. The molecule has 0 radical (unpaired) electrons. The van der Waals surface area contributed by atoms with E-state index < -0.39 is 42.2 Å². The van der Waals surface area contributed by atoms with Crippen LogP contribution >= 0.6 is 0 Å². The van der Waals surface area contributed by atoms with Crippen molar-refractivity contribution in [3.63, 3.8) is 0 Å². The maximum absolute atomic E-state index is 13.1. The van der Waals surface area contributed by atoms with E-state index in [2.05, 4.69) is 16.0 Å². The first kappa shape index (κ1) is 28.0. The van der Waals surface area contributed by atoms with Crippen LogP contribution in [0.2, 0.25) is 0 Å². The first-order chi connectivity index (χ1) is 17.2. The number of nitrogens with one attached hydrogen (secondary N) is 3. The van der Waals surface area contributed by atoms with Gasteiger partial charge in [-0.15, -0.1) is 0 Å². The average molecular weight is 498 g/mol. The van der Waals surface area contributed by atoms with E-state index in [0.29, 0.717) is 12.1 Å². The van der Waals surface area contributed by atoms with Gasteiger partial charge in [0, 0.05) is 38.5 Å². The van der Waals surface area contributed by atoms with Crippen LogP contribution in [0.4, 0.5) is 0 Å². The van der Waals surface area contributed by atoms with Crippen LogP contribution in [-0.4, -0.2) is 71.8 Å². The molecular weight excluding hydrogens is 466 g/mol. The molecule has 1 atom stereocenters. The number of carboxylic acids is 1. The predicted octanol–water partition coefficient (Wildman–Crippen LogP) is -0.348. The van der Waals surface area contributed by atoms with Crippen LogP contribution in [0.15, 0.2) is 54.6 Å². The molecule has 0 aliphatic carbocycles. The Hall–Kier alpha value is -4.25. The van der Waals surface area contributed by atoms with Gasteiger partial charge in [0.05, 0.1) is 6.54 Å². The minimum absolute atomic E-state index is 0.0446. The Balaban J connectivity index is 1.91. The van der Waals surface area contributed by atoms with Gasteiger partial charge in [0.1, 0.15) is 12.6 Å². The smallest absolute Gasteiger partial charge is 0.323 e. The van der Waals surface area contributed by atoms with Crippen molar-refractivity contribution >= 4 is 29.6 Å². The summed E-state index contributed by atoms with van der Waals surface area (Å²) in [5.41, 5.74) is 7.57. The zero-order valence-electron chi connectivity index (χ0n) is 20.0. The lowest BCUT2D eigenvalue weighted by molar-refractivity contribution is -0.145. The van der Waals surface area contributed by atoms with Gasteiger partial charge in [0.15, 0.2) is 0 Å². The molecule has 4 amide bonds. The lowest BCUT2D eigenvalue weighted by Crippen LogP contribution is -2.52. The van der Waals surface area contributed by atoms with Gasteiger partial charge in [0.2, 0.25) is 17.7 Å². The fraction of sp³-hybridized carbons (Fsp3) is 0.320. The molecular formula is C25H31N5O6. The summed E-state index contributed by atoms with van der Waals surface area (Å²) in [7, 11) is 0. The molecule has 0 aliphatic heterocycles. The molecule has 0 saturated heterocycles. The van der Waals surface area contributed by atoms with E-state index in [-0.39, 0.29) is 26.1 Å². The van der Waals surface area contributed by atoms with Crippen LogP contribution < -0.4 is 21.7 Å². The summed E-state index contributed by atoms with van der Waals surface area (Å²) in [6, 6.07) is 14.7. The highest BCUT2D eigenvalue weighted by atomic mass is 16.4. The van der Waals surface area contributed by atoms with Crippen molar-refractivity contribution in [3.8, 4) is 0 Å². The molecule has 0 aromatic heterocycles. The van der Waals surface area contributed by atoms with Gasteiger partial charge >= 0.3 is 5.97 Å². The van der Waals surface area contributed by atoms with Gasteiger partial charge in [-0.05, 0) is 23.3 Å². The first-order valence-electron chi connectivity index (χ1n) is 11.3. The van der Waals surface area contributed by atoms with Crippen molar-refractivity contribution < 1.29 is 29.1 Å². The molecule has 6 N–H and O–H groups in total. The lowest BCUT2D eigenvalue weighted by Gasteiger charge is -2.26. The predicted molar refractivity (Wildman–Crippen MR) is 132 cm³/mol. The number of nitrogens with two attached hydrogens (primary N) is 1. The molecule has 0 heterocycles. The van der Waals surface area contributed by atoms with Gasteiger partial charge in [-0.3, -0.25) is 24.0 Å². The standard InChI is InChI=1S/C25H31N5O6/c1-17(31)29-21(13-18-5-3-2-4-6-18)25(36)30(16-23(33)34)12-11-27-22(32)15-28-24(35)20-9-7-19(14-26)8-10-20/h2-10,21H,11-16,26H2,1H3,(H,27,32)(H,28,35)(H,29,31)(H,33,34)/t21-/m0/s1. The summed E-state index contributed by atoms with van der Waals surface area (Å²) in [4.78, 5) is 61.5. The monoisotopic (exact) mass is 497 g/mol. The fourth-order valence-electron chi connectivity index (χ4n) is 3.39. The molecule has 0 saturated carbocycles. The lowest BCUT2D eigenvalue weighted by atomic mass is 10.0. The van der Waals surface area contributed by atoms with Gasteiger partial charge in [0.25, 0.3) is 5.91 Å². The van der Waals surface area contributed by atoms with Crippen LogP contribution in [0.5, 0.6) is 0 Å². The highest BCUT2D eigenvalue weighted by molar-refractivity contribution is 5.96. The molecule has 11 nitrogen and oxygen atoms in total. The van der Waals surface area contributed by atoms with Crippen LogP contribution in [0.3, 0.4) is 0 Å². The normalized spacial score (nSPS) is 11.2. The number of hydrogen-bond acceptors (Lipinski definition) is 6. The summed E-state index contributed by atoms with van der Waals surface area (Å²) in [5.74, 6) is -3.19. The first-order valence-corrected chi connectivity index (χ1v) is 11.3. The second kappa shape index (κ2) is 14.2. The van der Waals surface area contributed by atoms with Crippen LogP contribution in [0.25, 0.3) is 0 Å². The zero-order valence-corrected chi connectivity index (χ0v) is 20.0. The number of carbonyl (C=O) groups is 5. The number of carbonyl (C=O) groups excluding carboxylic acids is 4. The van der Waals surface area contributed by atoms with Crippen molar-refractivity contribution in [2.45, 2.75) is 25.9 Å². The summed E-state index contributed by atoms with van der Waals surface area (Å²) in [5, 5.41) is 16.9. The van der Waals surface area contributed by atoms with Gasteiger partial charge in [-0.1, -0.05) is 42.5 Å². The maximum atomic E-state index is 13.1. The number of aliphatic carboxylic acids is 1. The third-order valence-electron chi connectivity index (χ3n) is 5.16. The summed E-state index contributed by atoms with van der Waals surface area (Å²) < 4.78 is 0. The molecule has 36 heavy (non-hydrogen) atoms. The van der Waals surface area contributed by atoms with Crippen molar-refractivity contribution in [3.05, 3.63) is 71.3 Å². The summed E-state index contributed by atoms with van der Waals surface area (Å²) >= 11 is 0. The van der Waals surface area contributed by atoms with E-state index in [1.54, 1.807) is 48.5 Å². The second-order valence-electron chi connectivity index (χ2n) is 8.03. The minimum Gasteiger partial charge on any atom is -0.480 e. The maximum Gasteiger partial charge on any atom is 0.323 e. The van der Waals surface area contributed by atoms with E-state index in [1.807, 2.05) is 6.07 Å². The Morgan fingerprint density at radius 1 is 0.944 bits per heavy atom. The van der Waals surface area contributed by atoms with Crippen molar-refractivity contribution in [2.24, 2.45) is 5.73 Å². The van der Waals surface area contributed by atoms with E-state index in [0.717, 1.165) is 16.0 Å². The number of rotatable bonds is 13. The molecule has 0 bridgehead atoms. The summed E-state index contributed by atoms with van der Waals surface area (Å²) in [6.45, 7) is 0.576. The largest absolute Gasteiger partial charge is 0.480 e. The molecule has 0 aliphatic rings. The van der Waals surface area contributed by atoms with E-state index >= 15 is 0 Å². The molecule has 2 aromatic carbocycles. The summed E-state index contributed by atoms with van der Waals surface area (Å²) in [6.07, 6.45) is 0.181. The Bertz CT molecular complexity index is 1060. The van der Waals surface area contributed by atoms with Crippen LogP contribution in [-0.2, 0) is 32.1 Å². The van der Waals surface area contributed by atoms with Crippen molar-refractivity contribution in [1.82, 2.24) is 20.9 Å². The topological polar surface area (TPSA) is 171 Å². The minimum atomic E-state index is -1.23. The van der Waals surface area contributed by atoms with E-state index in [9.17, 15) is 29.1 Å². The molecule has 2 aromatic rings. The number of hydrogen-bond donors (Lipinski definition) is 5. The molecule has 2 rings (SSSR count). The Morgan fingerprint density at radius 2 is 1.61 bits per heavy atom. The fourth-order valence-corrected chi connectivity index (χ4v) is 3.39. The molecule has 0 spiro atoms. The van der Waals surface area contributed by atoms with Crippen LogP contribution in [0.1, 0.15) is 28.4 Å². The van der Waals surface area contributed by atoms with Crippen molar-refractivity contribution in [1.29, 1.82) is 0 Å². The molecule has 0 unspecified atom stereocenters. The number of carboxylic acid groups (broad SMARTS) is 1.